The van der Waals surface area contributed by atoms with Gasteiger partial charge >= 0.3 is 0 Å². The largest absolute Gasteiger partial charge is 0.339 e. The van der Waals surface area contributed by atoms with Gasteiger partial charge in [0.2, 0.25) is 0 Å². The zero-order valence-corrected chi connectivity index (χ0v) is 14.5. The van der Waals surface area contributed by atoms with Gasteiger partial charge in [-0.05, 0) is 54.6 Å². The molecule has 1 heterocycles. The van der Waals surface area contributed by atoms with Gasteiger partial charge in [0, 0.05) is 15.8 Å². The molecule has 3 rings (SSSR count). The van der Waals surface area contributed by atoms with Gasteiger partial charge in [-0.25, -0.2) is 0 Å². The van der Waals surface area contributed by atoms with E-state index in [0.717, 1.165) is 10.2 Å². The normalized spacial score (nSPS) is 9.92. The minimum absolute atomic E-state index is 0.208. The van der Waals surface area contributed by atoms with E-state index in [-0.39, 0.29) is 11.6 Å². The number of halogens is 1. The maximum absolute atomic E-state index is 12.2. The SMILES string of the molecule is N#Cc1cccc(Nc2ccc(C(=O)Nc3ccc(Br)cc3)nn2)c1. The summed E-state index contributed by atoms with van der Waals surface area (Å²) in [5.41, 5.74) is 2.15. The molecular formula is C18H12BrN5O. The summed E-state index contributed by atoms with van der Waals surface area (Å²) >= 11 is 3.34. The molecule has 0 radical (unpaired) electrons. The van der Waals surface area contributed by atoms with E-state index in [1.807, 2.05) is 18.2 Å². The molecule has 0 atom stereocenters. The first-order valence-corrected chi connectivity index (χ1v) is 8.11. The van der Waals surface area contributed by atoms with Gasteiger partial charge in [-0.1, -0.05) is 22.0 Å². The van der Waals surface area contributed by atoms with Crippen LogP contribution in [0.2, 0.25) is 0 Å². The Balaban J connectivity index is 1.68. The van der Waals surface area contributed by atoms with E-state index < -0.39 is 0 Å². The van der Waals surface area contributed by atoms with Gasteiger partial charge < -0.3 is 10.6 Å². The standard InChI is InChI=1S/C18H12BrN5O/c19-13-4-6-14(7-5-13)22-18(25)16-8-9-17(24-23-16)21-15-3-1-2-12(10-15)11-20/h1-10H,(H,21,24)(H,22,25). The van der Waals surface area contributed by atoms with Gasteiger partial charge in [0.25, 0.3) is 5.91 Å². The maximum atomic E-state index is 12.2. The predicted molar refractivity (Wildman–Crippen MR) is 98.6 cm³/mol. The number of hydrogen-bond acceptors (Lipinski definition) is 5. The van der Waals surface area contributed by atoms with Crippen LogP contribution in [-0.4, -0.2) is 16.1 Å². The number of anilines is 3. The Hall–Kier alpha value is -3.24. The highest BCUT2D eigenvalue weighted by molar-refractivity contribution is 9.10. The predicted octanol–water partition coefficient (Wildman–Crippen LogP) is 4.11. The third-order valence-electron chi connectivity index (χ3n) is 3.26. The van der Waals surface area contributed by atoms with Gasteiger partial charge in [-0.15, -0.1) is 10.2 Å². The second-order valence-electron chi connectivity index (χ2n) is 5.08. The molecule has 0 bridgehead atoms. The van der Waals surface area contributed by atoms with Gasteiger partial charge in [0.1, 0.15) is 0 Å². The minimum Gasteiger partial charge on any atom is -0.339 e. The topological polar surface area (TPSA) is 90.7 Å². The first kappa shape index (κ1) is 16.6. The number of carbonyl (C=O) groups excluding carboxylic acids is 1. The van der Waals surface area contributed by atoms with Gasteiger partial charge in [-0.3, -0.25) is 4.79 Å². The van der Waals surface area contributed by atoms with Crippen LogP contribution >= 0.6 is 15.9 Å². The van der Waals surface area contributed by atoms with Crippen molar-refractivity contribution >= 4 is 39.0 Å². The molecule has 1 aromatic heterocycles. The first-order valence-electron chi connectivity index (χ1n) is 7.32. The zero-order chi connectivity index (χ0) is 17.6. The Kier molecular flexibility index (Phi) is 5.02. The van der Waals surface area contributed by atoms with Gasteiger partial charge in [0.05, 0.1) is 11.6 Å². The lowest BCUT2D eigenvalue weighted by Gasteiger charge is -2.07. The van der Waals surface area contributed by atoms with Crippen LogP contribution in [0.1, 0.15) is 16.1 Å². The molecule has 0 unspecified atom stereocenters. The average molecular weight is 394 g/mol. The maximum Gasteiger partial charge on any atom is 0.276 e. The molecule has 0 aliphatic carbocycles. The van der Waals surface area contributed by atoms with Crippen molar-refractivity contribution in [3.63, 3.8) is 0 Å². The molecule has 1 amide bonds. The van der Waals surface area contributed by atoms with E-state index in [1.54, 1.807) is 42.5 Å². The van der Waals surface area contributed by atoms with Crippen LogP contribution in [0.25, 0.3) is 0 Å². The monoisotopic (exact) mass is 393 g/mol. The lowest BCUT2D eigenvalue weighted by atomic mass is 10.2. The summed E-state index contributed by atoms with van der Waals surface area (Å²) < 4.78 is 0.932. The molecule has 25 heavy (non-hydrogen) atoms. The Morgan fingerprint density at radius 2 is 1.80 bits per heavy atom. The molecule has 0 spiro atoms. The van der Waals surface area contributed by atoms with E-state index in [4.69, 9.17) is 5.26 Å². The molecule has 0 saturated heterocycles. The number of carbonyl (C=O) groups is 1. The molecule has 7 heteroatoms. The number of benzene rings is 2. The van der Waals surface area contributed by atoms with E-state index in [2.05, 4.69) is 42.8 Å². The van der Waals surface area contributed by atoms with E-state index in [1.165, 1.54) is 0 Å². The molecule has 0 aliphatic heterocycles. The molecular weight excluding hydrogens is 382 g/mol. The fourth-order valence-corrected chi connectivity index (χ4v) is 2.33. The second kappa shape index (κ2) is 7.55. The number of nitriles is 1. The molecule has 122 valence electrons. The van der Waals surface area contributed by atoms with Crippen LogP contribution in [-0.2, 0) is 0 Å². The fraction of sp³-hybridized carbons (Fsp3) is 0. The summed E-state index contributed by atoms with van der Waals surface area (Å²) in [4.78, 5) is 12.2. The lowest BCUT2D eigenvalue weighted by molar-refractivity contribution is 0.102. The molecule has 0 saturated carbocycles. The van der Waals surface area contributed by atoms with Crippen LogP contribution in [0.4, 0.5) is 17.2 Å². The smallest absolute Gasteiger partial charge is 0.276 e. The van der Waals surface area contributed by atoms with E-state index in [0.29, 0.717) is 17.1 Å². The summed E-state index contributed by atoms with van der Waals surface area (Å²) in [5.74, 6) is 0.142. The highest BCUT2D eigenvalue weighted by Crippen LogP contribution is 2.17. The van der Waals surface area contributed by atoms with Gasteiger partial charge in [-0.2, -0.15) is 5.26 Å². The quantitative estimate of drug-likeness (QED) is 0.695. The summed E-state index contributed by atoms with van der Waals surface area (Å²) in [6.07, 6.45) is 0. The third kappa shape index (κ3) is 4.40. The van der Waals surface area contributed by atoms with Crippen molar-refractivity contribution in [3.8, 4) is 6.07 Å². The Bertz CT molecular complexity index is 933. The number of rotatable bonds is 4. The Morgan fingerprint density at radius 3 is 2.48 bits per heavy atom. The lowest BCUT2D eigenvalue weighted by Crippen LogP contribution is -2.14. The molecule has 0 fully saturated rings. The summed E-state index contributed by atoms with van der Waals surface area (Å²) in [7, 11) is 0. The molecule has 6 nitrogen and oxygen atoms in total. The molecule has 2 N–H and O–H groups in total. The first-order chi connectivity index (χ1) is 12.1. The number of aromatic nitrogens is 2. The van der Waals surface area contributed by atoms with Crippen LogP contribution in [0, 0.1) is 11.3 Å². The van der Waals surface area contributed by atoms with E-state index >= 15 is 0 Å². The highest BCUT2D eigenvalue weighted by atomic mass is 79.9. The molecule has 3 aromatic rings. The number of nitrogens with zero attached hydrogens (tertiary/aromatic N) is 3. The summed E-state index contributed by atoms with van der Waals surface area (Å²) in [6, 6.07) is 19.6. The van der Waals surface area contributed by atoms with Crippen molar-refractivity contribution in [1.82, 2.24) is 10.2 Å². The number of amides is 1. The Morgan fingerprint density at radius 1 is 1.00 bits per heavy atom. The van der Waals surface area contributed by atoms with Crippen molar-refractivity contribution in [1.29, 1.82) is 5.26 Å². The second-order valence-corrected chi connectivity index (χ2v) is 6.00. The van der Waals surface area contributed by atoms with Crippen molar-refractivity contribution in [2.45, 2.75) is 0 Å². The average Bonchev–Trinajstić information content (AvgIpc) is 2.64. The summed E-state index contributed by atoms with van der Waals surface area (Å²) in [6.45, 7) is 0. The fourth-order valence-electron chi connectivity index (χ4n) is 2.06. The van der Waals surface area contributed by atoms with Crippen molar-refractivity contribution < 1.29 is 4.79 Å². The van der Waals surface area contributed by atoms with Crippen LogP contribution in [0.3, 0.4) is 0 Å². The van der Waals surface area contributed by atoms with Crippen molar-refractivity contribution in [2.24, 2.45) is 0 Å². The zero-order valence-electron chi connectivity index (χ0n) is 12.9. The van der Waals surface area contributed by atoms with Gasteiger partial charge in [0.15, 0.2) is 11.5 Å². The number of nitrogens with one attached hydrogen (secondary N) is 2. The van der Waals surface area contributed by atoms with Crippen LogP contribution in [0.5, 0.6) is 0 Å². The third-order valence-corrected chi connectivity index (χ3v) is 3.79. The number of hydrogen-bond donors (Lipinski definition) is 2. The highest BCUT2D eigenvalue weighted by Gasteiger charge is 2.09. The van der Waals surface area contributed by atoms with E-state index in [9.17, 15) is 4.79 Å². The minimum atomic E-state index is -0.340. The van der Waals surface area contributed by atoms with Crippen molar-refractivity contribution in [2.75, 3.05) is 10.6 Å². The molecule has 2 aromatic carbocycles. The summed E-state index contributed by atoms with van der Waals surface area (Å²) in [5, 5.41) is 22.6. The molecule has 0 aliphatic rings. The Labute approximate surface area is 152 Å². The van der Waals surface area contributed by atoms with Crippen LogP contribution < -0.4 is 10.6 Å². The van der Waals surface area contributed by atoms with Crippen molar-refractivity contribution in [3.05, 3.63) is 76.4 Å². The van der Waals surface area contributed by atoms with Crippen LogP contribution in [0.15, 0.2) is 65.1 Å².